The van der Waals surface area contributed by atoms with Gasteiger partial charge >= 0.3 is 115 Å². The fourth-order valence-corrected chi connectivity index (χ4v) is 5.89. The number of nitrogens with zero attached hydrogens (tertiary/aromatic N) is 3. The van der Waals surface area contributed by atoms with Crippen LogP contribution in [0.2, 0.25) is 0 Å². The third-order valence-corrected chi connectivity index (χ3v) is 9.06. The molecule has 0 amide bonds. The number of non-ortho nitro benzene ring substituents is 2. The number of methoxy groups -OCH3 is 4. The van der Waals surface area contributed by atoms with Gasteiger partial charge in [0.05, 0.1) is 44.8 Å². The average Bonchev–Trinajstić information content (AvgIpc) is 3.31. The van der Waals surface area contributed by atoms with E-state index in [1.54, 1.807) is 49.6 Å². The Morgan fingerprint density at radius 3 is 1.61 bits per heavy atom. The first-order valence-electron chi connectivity index (χ1n) is 17.9. The first kappa shape index (κ1) is 61.3. The monoisotopic (exact) mass is 1020 g/mol. The third-order valence-electron chi connectivity index (χ3n) is 8.42. The number of benzene rings is 4. The Labute approximate surface area is 473 Å². The number of H-pyrrole nitrogens is 1. The van der Waals surface area contributed by atoms with E-state index in [1.807, 2.05) is 24.3 Å². The van der Waals surface area contributed by atoms with E-state index >= 15 is 0 Å². The van der Waals surface area contributed by atoms with Crippen LogP contribution in [-0.2, 0) is 31.0 Å². The molecule has 2 heterocycles. The normalized spacial score (nSPS) is 9.36. The molecule has 6 rings (SSSR count). The quantitative estimate of drug-likeness (QED) is 0.0338. The van der Waals surface area contributed by atoms with E-state index in [0.29, 0.717) is 28.2 Å². The first-order valence-corrected chi connectivity index (χ1v) is 19.0. The fourth-order valence-electron chi connectivity index (χ4n) is 5.54. The first-order chi connectivity index (χ1) is 30.2. The molecule has 6 aromatic rings. The zero-order valence-corrected chi connectivity index (χ0v) is 43.7. The molecule has 0 atom stereocenters. The number of esters is 2. The molecule has 0 aliphatic carbocycles. The van der Waals surface area contributed by atoms with Gasteiger partial charge in [-0.15, -0.1) is 0 Å². The van der Waals surface area contributed by atoms with Crippen LogP contribution in [0, 0.1) is 20.2 Å². The Morgan fingerprint density at radius 1 is 0.697 bits per heavy atom. The molecule has 0 aliphatic rings. The van der Waals surface area contributed by atoms with Gasteiger partial charge in [-0.2, -0.15) is 0 Å². The van der Waals surface area contributed by atoms with Gasteiger partial charge in [-0.1, -0.05) is 71.9 Å². The van der Waals surface area contributed by atoms with Crippen LogP contribution >= 0.6 is 15.9 Å². The number of hydrogen-bond acceptors (Lipinski definition) is 15. The van der Waals surface area contributed by atoms with Gasteiger partial charge in [0.2, 0.25) is 5.56 Å². The van der Waals surface area contributed by atoms with Crippen molar-refractivity contribution >= 4 is 45.7 Å². The number of carbonyl (C=O) groups is 3. The summed E-state index contributed by atoms with van der Waals surface area (Å²) in [7, 11) is 5.60. The van der Waals surface area contributed by atoms with E-state index in [4.69, 9.17) is 24.3 Å². The third kappa shape index (κ3) is 18.5. The van der Waals surface area contributed by atoms with E-state index in [1.165, 1.54) is 80.5 Å². The maximum Gasteiger partial charge on any atom is 1.00 e. The number of nitro groups is 2. The van der Waals surface area contributed by atoms with Crippen molar-refractivity contribution in [1.82, 2.24) is 9.55 Å². The van der Waals surface area contributed by atoms with E-state index in [-0.39, 0.29) is 159 Å². The van der Waals surface area contributed by atoms with Crippen LogP contribution < -0.4 is 129 Å². The van der Waals surface area contributed by atoms with Crippen LogP contribution in [0.1, 0.15) is 41.0 Å². The molecular formula is C44H43BrK2N4O15. The Morgan fingerprint density at radius 2 is 1.17 bits per heavy atom. The number of hydrogen-bond donors (Lipinski definition) is 1. The van der Waals surface area contributed by atoms with E-state index < -0.39 is 21.8 Å². The van der Waals surface area contributed by atoms with E-state index in [2.05, 4.69) is 30.5 Å². The van der Waals surface area contributed by atoms with Crippen molar-refractivity contribution in [2.45, 2.75) is 19.3 Å². The van der Waals surface area contributed by atoms with Crippen LogP contribution in [0.25, 0.3) is 22.3 Å². The molecule has 338 valence electrons. The van der Waals surface area contributed by atoms with Gasteiger partial charge in [0.1, 0.15) is 22.9 Å². The summed E-state index contributed by atoms with van der Waals surface area (Å²) in [4.78, 5) is 80.4. The Kier molecular flexibility index (Phi) is 29.8. The zero-order valence-electron chi connectivity index (χ0n) is 36.9. The Balaban J connectivity index is 0. The van der Waals surface area contributed by atoms with Gasteiger partial charge in [0.25, 0.3) is 23.4 Å². The summed E-state index contributed by atoms with van der Waals surface area (Å²) in [6, 6.07) is 32.4. The van der Waals surface area contributed by atoms with Gasteiger partial charge < -0.3 is 35.5 Å². The van der Waals surface area contributed by atoms with Crippen LogP contribution in [0.5, 0.6) is 11.5 Å². The van der Waals surface area contributed by atoms with Crippen molar-refractivity contribution in [3.63, 3.8) is 0 Å². The molecule has 0 bridgehead atoms. The summed E-state index contributed by atoms with van der Waals surface area (Å²) in [5.74, 6) is 0.0749. The number of aromatic nitrogens is 2. The minimum absolute atomic E-state index is 0. The summed E-state index contributed by atoms with van der Waals surface area (Å²) in [5.41, 5.74) is 4.33. The van der Waals surface area contributed by atoms with Crippen LogP contribution in [0.15, 0.2) is 131 Å². The fraction of sp³-hybridized carbons (Fsp3) is 0.159. The van der Waals surface area contributed by atoms with E-state index in [0.717, 1.165) is 22.0 Å². The summed E-state index contributed by atoms with van der Waals surface area (Å²) in [5, 5.41) is 31.1. The minimum Gasteiger partial charge on any atom is -1.00 e. The number of alkyl halides is 1. The van der Waals surface area contributed by atoms with Gasteiger partial charge in [-0.3, -0.25) is 39.2 Å². The van der Waals surface area contributed by atoms with Crippen molar-refractivity contribution in [1.29, 1.82) is 0 Å². The number of ether oxygens (including phenoxy) is 4. The van der Waals surface area contributed by atoms with Crippen LogP contribution in [0.4, 0.5) is 11.4 Å². The largest absolute Gasteiger partial charge is 1.00 e. The molecule has 2 aromatic heterocycles. The molecule has 0 saturated carbocycles. The van der Waals surface area contributed by atoms with Gasteiger partial charge in [0, 0.05) is 52.9 Å². The van der Waals surface area contributed by atoms with Crippen molar-refractivity contribution in [3.8, 4) is 33.8 Å². The Bertz CT molecular complexity index is 2690. The van der Waals surface area contributed by atoms with Gasteiger partial charge in [0.15, 0.2) is 0 Å². The molecule has 0 spiro atoms. The summed E-state index contributed by atoms with van der Waals surface area (Å²) in [6.07, 6.45) is 0. The molecular weight excluding hydrogens is 983 g/mol. The molecule has 0 unspecified atom stereocenters. The smallest absolute Gasteiger partial charge is 1.00 e. The van der Waals surface area contributed by atoms with Crippen LogP contribution in [0.3, 0.4) is 0 Å². The second kappa shape index (κ2) is 32.1. The summed E-state index contributed by atoms with van der Waals surface area (Å²) in [6.45, 7) is -0.0595. The molecule has 0 fully saturated rings. The number of halogens is 1. The van der Waals surface area contributed by atoms with Gasteiger partial charge in [-0.05, 0) is 58.7 Å². The molecule has 4 aromatic carbocycles. The standard InChI is InChI=1S/C21H18N2O6.C14H12BrNO3.C7H7NO3.CH2O3.CH4.2K.H/c1-28-19-10-9-14(11-17(19)15-5-3-6-16(12-15)23(26)27)13-22-18(21(25)29-2)7-4-8-20(22)24;1-19-14-6-5-10(9-15)7-13(14)11-3-2-4-12(8-11)16(17)18;1-11-7(10)5-3-2-4-6(9)8-5;2-1-4-3;;;;/h3-12H,13H2,1-2H3;2-8H,9H2,1H3;2-4H,1H3,(H,8,9);1,3H;1H4;;;/q;;;;;2*+1;-1/p-1. The van der Waals surface area contributed by atoms with Crippen molar-refractivity contribution in [2.75, 3.05) is 28.4 Å². The SMILES string of the molecule is C.COC(=O)c1cccc(=O)[nH]1.COC(=O)c1cccc(=O)n1Cc1ccc(OC)c(-c2cccc([N+](=O)[O-])c2)c1.COc1ccc(CBr)cc1-c1cccc([N+](=O)[O-])c1.O=CO[O-].[H-].[K+].[K+]. The molecule has 1 N–H and O–H groups in total. The van der Waals surface area contributed by atoms with Crippen molar-refractivity contribution < 1.29 is 158 Å². The zero-order chi connectivity index (χ0) is 46.5. The number of rotatable bonds is 12. The van der Waals surface area contributed by atoms with E-state index in [9.17, 15) is 39.4 Å². The van der Waals surface area contributed by atoms with Crippen molar-refractivity contribution in [3.05, 3.63) is 185 Å². The Hall–Kier alpha value is -4.70. The summed E-state index contributed by atoms with van der Waals surface area (Å²) >= 11 is 3.40. The second-order valence-electron chi connectivity index (χ2n) is 12.3. The average molecular weight is 1030 g/mol. The number of pyridine rings is 2. The second-order valence-corrected chi connectivity index (χ2v) is 12.8. The summed E-state index contributed by atoms with van der Waals surface area (Å²) < 4.78 is 21.2. The molecule has 19 nitrogen and oxygen atoms in total. The number of nitrogens with one attached hydrogen (secondary N) is 1. The topological polar surface area (TPSA) is 262 Å². The predicted molar refractivity (Wildman–Crippen MR) is 237 cm³/mol. The number of aromatic amines is 1. The molecule has 0 saturated heterocycles. The molecule has 66 heavy (non-hydrogen) atoms. The molecule has 0 radical (unpaired) electrons. The molecule has 22 heteroatoms. The maximum atomic E-state index is 12.3. The maximum absolute atomic E-state index is 12.3. The van der Waals surface area contributed by atoms with Gasteiger partial charge in [-0.25, -0.2) is 9.59 Å². The predicted octanol–water partition coefficient (Wildman–Crippen LogP) is 0.785. The van der Waals surface area contributed by atoms with Crippen molar-refractivity contribution in [2.24, 2.45) is 0 Å². The molecule has 0 aliphatic heterocycles. The number of carbonyl (C=O) groups excluding carboxylic acids is 3. The van der Waals surface area contributed by atoms with Crippen LogP contribution in [-0.4, -0.2) is 66.2 Å². The minimum atomic E-state index is -0.616. The number of nitro benzene ring substituents is 2.